The first-order chi connectivity index (χ1) is 8.70. The summed E-state index contributed by atoms with van der Waals surface area (Å²) >= 11 is 11.4. The Labute approximate surface area is 125 Å². The molecule has 0 saturated carbocycles. The topological polar surface area (TPSA) is 12.0 Å². The number of aryl methyl sites for hydroxylation is 1. The number of halogens is 2. The molecule has 0 amide bonds. The predicted octanol–water partition coefficient (Wildman–Crippen LogP) is 5.06. The fourth-order valence-electron chi connectivity index (χ4n) is 1.95. The van der Waals surface area contributed by atoms with Crippen molar-refractivity contribution in [2.45, 2.75) is 18.9 Å². The third-order valence-electron chi connectivity index (χ3n) is 2.95. The highest BCUT2D eigenvalue weighted by molar-refractivity contribution is 9.10. The molecule has 18 heavy (non-hydrogen) atoms. The highest BCUT2D eigenvalue weighted by atomic mass is 79.9. The summed E-state index contributed by atoms with van der Waals surface area (Å²) in [5, 5.41) is 6.25. The zero-order valence-electron chi connectivity index (χ0n) is 10.1. The standard InChI is InChI=1S/C14H15BrClNS/c1-17-14(7-5-11-3-2-8-18-11)10-4-6-12(15)13(16)9-10/h2-4,6,8-9,14,17H,5,7H2,1H3. The summed E-state index contributed by atoms with van der Waals surface area (Å²) in [5.74, 6) is 0. The number of hydrogen-bond donors (Lipinski definition) is 1. The molecule has 1 unspecified atom stereocenters. The molecule has 4 heteroatoms. The van der Waals surface area contributed by atoms with Crippen molar-refractivity contribution in [3.8, 4) is 0 Å². The van der Waals surface area contributed by atoms with Gasteiger partial charge in [-0.05, 0) is 65.0 Å². The summed E-state index contributed by atoms with van der Waals surface area (Å²) < 4.78 is 0.945. The van der Waals surface area contributed by atoms with Gasteiger partial charge in [0.05, 0.1) is 5.02 Å². The highest BCUT2D eigenvalue weighted by Gasteiger charge is 2.11. The molecule has 1 N–H and O–H groups in total. The van der Waals surface area contributed by atoms with Gasteiger partial charge in [-0.25, -0.2) is 0 Å². The molecule has 1 aromatic heterocycles. The molecule has 0 radical (unpaired) electrons. The van der Waals surface area contributed by atoms with Gasteiger partial charge in [0.1, 0.15) is 0 Å². The van der Waals surface area contributed by atoms with Crippen molar-refractivity contribution in [3.63, 3.8) is 0 Å². The van der Waals surface area contributed by atoms with E-state index in [4.69, 9.17) is 11.6 Å². The Bertz CT molecular complexity index is 499. The molecule has 0 aliphatic rings. The van der Waals surface area contributed by atoms with E-state index in [1.165, 1.54) is 10.4 Å². The van der Waals surface area contributed by atoms with Crippen molar-refractivity contribution in [1.29, 1.82) is 0 Å². The van der Waals surface area contributed by atoms with E-state index in [9.17, 15) is 0 Å². The first-order valence-corrected chi connectivity index (χ1v) is 7.90. The Morgan fingerprint density at radius 2 is 2.22 bits per heavy atom. The van der Waals surface area contributed by atoms with Crippen LogP contribution in [0.2, 0.25) is 5.02 Å². The van der Waals surface area contributed by atoms with Gasteiger partial charge in [0.15, 0.2) is 0 Å². The van der Waals surface area contributed by atoms with Crippen molar-refractivity contribution in [2.24, 2.45) is 0 Å². The van der Waals surface area contributed by atoms with Crippen molar-refractivity contribution in [3.05, 3.63) is 55.6 Å². The Morgan fingerprint density at radius 1 is 1.39 bits per heavy atom. The van der Waals surface area contributed by atoms with E-state index in [0.717, 1.165) is 22.3 Å². The molecule has 1 aromatic carbocycles. The second-order valence-corrected chi connectivity index (χ2v) is 6.43. The molecule has 1 nitrogen and oxygen atoms in total. The number of benzene rings is 1. The minimum Gasteiger partial charge on any atom is -0.313 e. The molecule has 1 atom stereocenters. The second-order valence-electron chi connectivity index (χ2n) is 4.13. The van der Waals surface area contributed by atoms with Crippen molar-refractivity contribution in [2.75, 3.05) is 7.05 Å². The SMILES string of the molecule is CNC(CCc1cccs1)c1ccc(Br)c(Cl)c1. The van der Waals surface area contributed by atoms with Crippen molar-refractivity contribution in [1.82, 2.24) is 5.32 Å². The Balaban J connectivity index is 2.05. The summed E-state index contributed by atoms with van der Waals surface area (Å²) in [6, 6.07) is 10.8. The minimum absolute atomic E-state index is 0.345. The number of rotatable bonds is 5. The van der Waals surface area contributed by atoms with Crippen LogP contribution < -0.4 is 5.32 Å². The first kappa shape index (κ1) is 14.1. The maximum Gasteiger partial charge on any atom is 0.0551 e. The fraction of sp³-hybridized carbons (Fsp3) is 0.286. The molecule has 2 rings (SSSR count). The second kappa shape index (κ2) is 6.71. The normalized spacial score (nSPS) is 12.6. The summed E-state index contributed by atoms with van der Waals surface area (Å²) in [7, 11) is 2.00. The number of hydrogen-bond acceptors (Lipinski definition) is 2. The Morgan fingerprint density at radius 3 is 2.83 bits per heavy atom. The highest BCUT2D eigenvalue weighted by Crippen LogP contribution is 2.28. The molecular formula is C14H15BrClNS. The zero-order chi connectivity index (χ0) is 13.0. The third kappa shape index (κ3) is 3.58. The lowest BCUT2D eigenvalue weighted by molar-refractivity contribution is 0.551. The van der Waals surface area contributed by atoms with Crippen LogP contribution in [0.4, 0.5) is 0 Å². The first-order valence-electron chi connectivity index (χ1n) is 5.85. The van der Waals surface area contributed by atoms with Crippen LogP contribution in [0, 0.1) is 0 Å². The smallest absolute Gasteiger partial charge is 0.0551 e. The van der Waals surface area contributed by atoms with Gasteiger partial charge in [0, 0.05) is 15.4 Å². The van der Waals surface area contributed by atoms with E-state index >= 15 is 0 Å². The van der Waals surface area contributed by atoms with E-state index in [-0.39, 0.29) is 0 Å². The van der Waals surface area contributed by atoms with Gasteiger partial charge in [-0.15, -0.1) is 11.3 Å². The van der Waals surface area contributed by atoms with Crippen LogP contribution in [-0.4, -0.2) is 7.05 Å². The van der Waals surface area contributed by atoms with Crippen LogP contribution in [0.25, 0.3) is 0 Å². The predicted molar refractivity (Wildman–Crippen MR) is 83.6 cm³/mol. The lowest BCUT2D eigenvalue weighted by Gasteiger charge is -2.16. The number of thiophene rings is 1. The third-order valence-corrected chi connectivity index (χ3v) is 5.12. The monoisotopic (exact) mass is 343 g/mol. The molecule has 2 aromatic rings. The van der Waals surface area contributed by atoms with E-state index in [0.29, 0.717) is 6.04 Å². The zero-order valence-corrected chi connectivity index (χ0v) is 13.3. The minimum atomic E-state index is 0.345. The maximum absolute atomic E-state index is 6.14. The average Bonchev–Trinajstić information content (AvgIpc) is 2.87. The van der Waals surface area contributed by atoms with E-state index in [1.807, 2.05) is 30.5 Å². The van der Waals surface area contributed by atoms with Crippen LogP contribution >= 0.6 is 38.9 Å². The van der Waals surface area contributed by atoms with Crippen LogP contribution in [0.5, 0.6) is 0 Å². The molecule has 96 valence electrons. The van der Waals surface area contributed by atoms with Gasteiger partial charge in [0.2, 0.25) is 0 Å². The maximum atomic E-state index is 6.14. The van der Waals surface area contributed by atoms with Gasteiger partial charge in [-0.1, -0.05) is 23.7 Å². The van der Waals surface area contributed by atoms with Gasteiger partial charge >= 0.3 is 0 Å². The van der Waals surface area contributed by atoms with Crippen molar-refractivity contribution < 1.29 is 0 Å². The lowest BCUT2D eigenvalue weighted by atomic mass is 10.0. The molecule has 0 saturated heterocycles. The van der Waals surface area contributed by atoms with Crippen LogP contribution in [0.1, 0.15) is 22.9 Å². The van der Waals surface area contributed by atoms with Gasteiger partial charge in [-0.2, -0.15) is 0 Å². The van der Waals surface area contributed by atoms with Crippen LogP contribution in [0.15, 0.2) is 40.2 Å². The van der Waals surface area contributed by atoms with Crippen LogP contribution in [0.3, 0.4) is 0 Å². The van der Waals surface area contributed by atoms with Crippen molar-refractivity contribution >= 4 is 38.9 Å². The largest absolute Gasteiger partial charge is 0.313 e. The molecular weight excluding hydrogens is 330 g/mol. The molecule has 0 aliphatic carbocycles. The van der Waals surface area contributed by atoms with E-state index in [2.05, 4.69) is 44.8 Å². The molecule has 0 spiro atoms. The molecule has 0 fully saturated rings. The summed E-state index contributed by atoms with van der Waals surface area (Å²) in [5.41, 5.74) is 1.24. The molecule has 0 bridgehead atoms. The van der Waals surface area contributed by atoms with Gasteiger partial charge in [0.25, 0.3) is 0 Å². The van der Waals surface area contributed by atoms with E-state index < -0.39 is 0 Å². The Hall–Kier alpha value is -0.350. The van der Waals surface area contributed by atoms with Gasteiger partial charge < -0.3 is 5.32 Å². The quantitative estimate of drug-likeness (QED) is 0.799. The lowest BCUT2D eigenvalue weighted by Crippen LogP contribution is -2.17. The fourth-order valence-corrected chi connectivity index (χ4v) is 3.11. The average molecular weight is 345 g/mol. The summed E-state index contributed by atoms with van der Waals surface area (Å²) in [4.78, 5) is 1.43. The summed E-state index contributed by atoms with van der Waals surface area (Å²) in [6.07, 6.45) is 2.17. The molecule has 1 heterocycles. The summed E-state index contributed by atoms with van der Waals surface area (Å²) in [6.45, 7) is 0. The van der Waals surface area contributed by atoms with E-state index in [1.54, 1.807) is 0 Å². The Kier molecular flexibility index (Phi) is 5.25. The van der Waals surface area contributed by atoms with Gasteiger partial charge in [-0.3, -0.25) is 0 Å². The van der Waals surface area contributed by atoms with Crippen LogP contribution in [-0.2, 0) is 6.42 Å². The number of nitrogens with one attached hydrogen (secondary N) is 1. The molecule has 0 aliphatic heterocycles.